The van der Waals surface area contributed by atoms with E-state index < -0.39 is 0 Å². The minimum absolute atomic E-state index is 0.546. The van der Waals surface area contributed by atoms with Crippen LogP contribution in [-0.4, -0.2) is 110 Å². The van der Waals surface area contributed by atoms with Crippen molar-refractivity contribution in [3.05, 3.63) is 0 Å². The summed E-state index contributed by atoms with van der Waals surface area (Å²) in [5.41, 5.74) is 5.30. The number of rotatable bonds is 17. The van der Waals surface area contributed by atoms with Crippen LogP contribution in [0.5, 0.6) is 0 Å². The van der Waals surface area contributed by atoms with E-state index in [0.29, 0.717) is 66.0 Å². The van der Waals surface area contributed by atoms with Crippen LogP contribution in [0.1, 0.15) is 0 Å². The minimum Gasteiger partial charge on any atom is -0.378 e. The second-order valence-electron chi connectivity index (χ2n) is 5.44. The lowest BCUT2D eigenvalue weighted by Crippen LogP contribution is -2.44. The highest BCUT2D eigenvalue weighted by molar-refractivity contribution is 4.66. The predicted octanol–water partition coefficient (Wildman–Crippen LogP) is -1.07. The van der Waals surface area contributed by atoms with Crippen molar-refractivity contribution in [1.82, 2.24) is 10.2 Å². The van der Waals surface area contributed by atoms with Crippen LogP contribution >= 0.6 is 0 Å². The van der Waals surface area contributed by atoms with Gasteiger partial charge >= 0.3 is 0 Å². The standard InChI is InChI=1S/C16H35N3O5/c17-1-7-20-9-11-22-13-15-24-16-14-23-12-10-21-8-6-19-4-2-18-3-5-19/h18H,1-17H2. The van der Waals surface area contributed by atoms with E-state index >= 15 is 0 Å². The van der Waals surface area contributed by atoms with Crippen LogP contribution in [0.15, 0.2) is 0 Å². The van der Waals surface area contributed by atoms with E-state index in [2.05, 4.69) is 10.2 Å². The smallest absolute Gasteiger partial charge is 0.0701 e. The molecule has 0 amide bonds. The SMILES string of the molecule is NCCOCCOCCOCCOCCOCCN1CCNCC1. The number of hydrogen-bond donors (Lipinski definition) is 2. The van der Waals surface area contributed by atoms with Gasteiger partial charge in [0, 0.05) is 39.3 Å². The number of nitrogens with one attached hydrogen (secondary N) is 1. The van der Waals surface area contributed by atoms with Crippen LogP contribution in [-0.2, 0) is 23.7 Å². The van der Waals surface area contributed by atoms with Gasteiger partial charge in [0.05, 0.1) is 66.1 Å². The first kappa shape index (κ1) is 21.7. The lowest BCUT2D eigenvalue weighted by Gasteiger charge is -2.26. The van der Waals surface area contributed by atoms with Gasteiger partial charge in [-0.1, -0.05) is 0 Å². The fourth-order valence-corrected chi connectivity index (χ4v) is 2.19. The van der Waals surface area contributed by atoms with Gasteiger partial charge in [0.15, 0.2) is 0 Å². The molecule has 1 rings (SSSR count). The zero-order chi connectivity index (χ0) is 17.1. The van der Waals surface area contributed by atoms with E-state index in [0.717, 1.165) is 39.3 Å². The van der Waals surface area contributed by atoms with E-state index in [9.17, 15) is 0 Å². The average Bonchev–Trinajstić information content (AvgIpc) is 2.62. The molecular formula is C16H35N3O5. The summed E-state index contributed by atoms with van der Waals surface area (Å²) in [5, 5.41) is 3.34. The van der Waals surface area contributed by atoms with E-state index in [-0.39, 0.29) is 0 Å². The summed E-state index contributed by atoms with van der Waals surface area (Å²) in [6.07, 6.45) is 0. The first-order valence-corrected chi connectivity index (χ1v) is 8.95. The molecule has 0 atom stereocenters. The Morgan fingerprint density at radius 2 is 1.04 bits per heavy atom. The van der Waals surface area contributed by atoms with E-state index in [1.807, 2.05) is 0 Å². The molecule has 1 saturated heterocycles. The summed E-state index contributed by atoms with van der Waals surface area (Å²) < 4.78 is 27.0. The molecule has 0 spiro atoms. The first-order chi connectivity index (χ1) is 11.9. The fraction of sp³-hybridized carbons (Fsp3) is 1.00. The highest BCUT2D eigenvalue weighted by Crippen LogP contribution is 1.91. The molecule has 1 fully saturated rings. The molecule has 0 aromatic carbocycles. The average molecular weight is 349 g/mol. The summed E-state index contributed by atoms with van der Waals surface area (Å²) in [4.78, 5) is 2.41. The Balaban J connectivity index is 1.66. The molecule has 3 N–H and O–H groups in total. The largest absolute Gasteiger partial charge is 0.378 e. The third kappa shape index (κ3) is 14.1. The zero-order valence-electron chi connectivity index (χ0n) is 14.9. The summed E-state index contributed by atoms with van der Waals surface area (Å²) >= 11 is 0. The van der Waals surface area contributed by atoms with Crippen molar-refractivity contribution >= 4 is 0 Å². The maximum atomic E-state index is 5.57. The molecule has 0 unspecified atom stereocenters. The molecule has 8 nitrogen and oxygen atoms in total. The van der Waals surface area contributed by atoms with Crippen LogP contribution in [0.25, 0.3) is 0 Å². The highest BCUT2D eigenvalue weighted by atomic mass is 16.6. The fourth-order valence-electron chi connectivity index (χ4n) is 2.19. The molecule has 0 aromatic rings. The third-order valence-corrected chi connectivity index (χ3v) is 3.51. The molecule has 0 radical (unpaired) electrons. The Morgan fingerprint density at radius 3 is 1.50 bits per heavy atom. The molecule has 0 aliphatic carbocycles. The predicted molar refractivity (Wildman–Crippen MR) is 92.5 cm³/mol. The van der Waals surface area contributed by atoms with E-state index in [1.165, 1.54) is 0 Å². The molecule has 0 saturated carbocycles. The van der Waals surface area contributed by atoms with Crippen molar-refractivity contribution in [1.29, 1.82) is 0 Å². The van der Waals surface area contributed by atoms with Crippen molar-refractivity contribution in [3.63, 3.8) is 0 Å². The molecule has 1 heterocycles. The maximum absolute atomic E-state index is 5.57. The van der Waals surface area contributed by atoms with Gasteiger partial charge in [-0.3, -0.25) is 4.90 Å². The molecule has 1 aliphatic heterocycles. The number of hydrogen-bond acceptors (Lipinski definition) is 8. The lowest BCUT2D eigenvalue weighted by molar-refractivity contribution is -0.0119. The second kappa shape index (κ2) is 17.5. The lowest BCUT2D eigenvalue weighted by atomic mass is 10.4. The number of nitrogens with zero attached hydrogens (tertiary/aromatic N) is 1. The Hall–Kier alpha value is -0.320. The van der Waals surface area contributed by atoms with Crippen molar-refractivity contribution < 1.29 is 23.7 Å². The Morgan fingerprint density at radius 1 is 0.625 bits per heavy atom. The van der Waals surface area contributed by atoms with Gasteiger partial charge in [0.2, 0.25) is 0 Å². The van der Waals surface area contributed by atoms with Gasteiger partial charge in [-0.25, -0.2) is 0 Å². The normalized spacial score (nSPS) is 15.9. The minimum atomic E-state index is 0.546. The molecule has 8 heteroatoms. The first-order valence-electron chi connectivity index (χ1n) is 8.95. The molecule has 24 heavy (non-hydrogen) atoms. The molecule has 144 valence electrons. The van der Waals surface area contributed by atoms with Crippen LogP contribution in [0, 0.1) is 0 Å². The van der Waals surface area contributed by atoms with Crippen LogP contribution < -0.4 is 11.1 Å². The highest BCUT2D eigenvalue weighted by Gasteiger charge is 2.08. The van der Waals surface area contributed by atoms with E-state index in [1.54, 1.807) is 0 Å². The zero-order valence-corrected chi connectivity index (χ0v) is 14.9. The summed E-state index contributed by atoms with van der Waals surface area (Å²) in [7, 11) is 0. The quantitative estimate of drug-likeness (QED) is 0.321. The molecule has 0 bridgehead atoms. The third-order valence-electron chi connectivity index (χ3n) is 3.51. The van der Waals surface area contributed by atoms with Crippen molar-refractivity contribution in [2.75, 3.05) is 105 Å². The monoisotopic (exact) mass is 349 g/mol. The number of ether oxygens (including phenoxy) is 5. The Kier molecular flexibility index (Phi) is 15.8. The van der Waals surface area contributed by atoms with Gasteiger partial charge in [0.25, 0.3) is 0 Å². The maximum Gasteiger partial charge on any atom is 0.0701 e. The van der Waals surface area contributed by atoms with Gasteiger partial charge in [-0.2, -0.15) is 0 Å². The summed E-state index contributed by atoms with van der Waals surface area (Å²) in [5.74, 6) is 0. The van der Waals surface area contributed by atoms with Gasteiger partial charge < -0.3 is 34.7 Å². The van der Waals surface area contributed by atoms with Crippen LogP contribution in [0.2, 0.25) is 0 Å². The van der Waals surface area contributed by atoms with Gasteiger partial charge in [-0.05, 0) is 0 Å². The van der Waals surface area contributed by atoms with Gasteiger partial charge in [0.1, 0.15) is 0 Å². The topological polar surface area (TPSA) is 87.4 Å². The summed E-state index contributed by atoms with van der Waals surface area (Å²) in [6, 6.07) is 0. The van der Waals surface area contributed by atoms with Crippen molar-refractivity contribution in [3.8, 4) is 0 Å². The number of nitrogens with two attached hydrogens (primary N) is 1. The van der Waals surface area contributed by atoms with E-state index in [4.69, 9.17) is 29.4 Å². The Bertz CT molecular complexity index is 256. The molecular weight excluding hydrogens is 314 g/mol. The Labute approximate surface area is 145 Å². The second-order valence-corrected chi connectivity index (χ2v) is 5.44. The van der Waals surface area contributed by atoms with Crippen molar-refractivity contribution in [2.24, 2.45) is 5.73 Å². The van der Waals surface area contributed by atoms with Crippen LogP contribution in [0.3, 0.4) is 0 Å². The molecule has 1 aliphatic rings. The molecule has 0 aromatic heterocycles. The summed E-state index contributed by atoms with van der Waals surface area (Å²) in [6.45, 7) is 12.0. The van der Waals surface area contributed by atoms with Gasteiger partial charge in [-0.15, -0.1) is 0 Å². The van der Waals surface area contributed by atoms with Crippen LogP contribution in [0.4, 0.5) is 0 Å². The number of piperazine rings is 1. The van der Waals surface area contributed by atoms with Crippen molar-refractivity contribution in [2.45, 2.75) is 0 Å².